The maximum Gasteiger partial charge on any atom is 0.0901 e. The van der Waals surface area contributed by atoms with E-state index in [-0.39, 0.29) is 17.6 Å². The molecular weight excluding hydrogens is 228 g/mol. The molecule has 2 aliphatic rings. The van der Waals surface area contributed by atoms with Gasteiger partial charge < -0.3 is 15.6 Å². The minimum Gasteiger partial charge on any atom is -0.388 e. The number of fused-ring (bicyclic) bond motifs is 2. The molecule has 3 rings (SSSR count). The number of aliphatic hydroxyl groups excluding tert-OH is 1. The van der Waals surface area contributed by atoms with E-state index >= 15 is 0 Å². The molecule has 98 valence electrons. The summed E-state index contributed by atoms with van der Waals surface area (Å²) in [6, 6.07) is 1.93. The number of aryl methyl sites for hydroxylation is 1. The van der Waals surface area contributed by atoms with Crippen LogP contribution in [0.2, 0.25) is 0 Å². The fourth-order valence-corrected chi connectivity index (χ4v) is 3.52. The number of nitrogens with two attached hydrogens (primary N) is 1. The number of rotatable bonds is 3. The SMILES string of the molecule is Cc1ccncc1C(O)C1(CN)CC2CCC1O2. The van der Waals surface area contributed by atoms with Crippen molar-refractivity contribution in [2.24, 2.45) is 11.1 Å². The third kappa shape index (κ3) is 1.60. The van der Waals surface area contributed by atoms with Crippen molar-refractivity contribution >= 4 is 0 Å². The van der Waals surface area contributed by atoms with Gasteiger partial charge in [-0.2, -0.15) is 0 Å². The largest absolute Gasteiger partial charge is 0.388 e. The minimum atomic E-state index is -0.577. The Labute approximate surface area is 107 Å². The molecule has 0 radical (unpaired) electrons. The summed E-state index contributed by atoms with van der Waals surface area (Å²) in [6.45, 7) is 2.46. The predicted octanol–water partition coefficient (Wildman–Crippen LogP) is 1.32. The number of ether oxygens (including phenoxy) is 1. The maximum absolute atomic E-state index is 10.8. The second-order valence-corrected chi connectivity index (χ2v) is 5.60. The lowest BCUT2D eigenvalue weighted by atomic mass is 9.68. The lowest BCUT2D eigenvalue weighted by molar-refractivity contribution is -0.0268. The number of hydrogen-bond acceptors (Lipinski definition) is 4. The molecule has 4 atom stereocenters. The van der Waals surface area contributed by atoms with Crippen LogP contribution in [-0.4, -0.2) is 28.8 Å². The van der Waals surface area contributed by atoms with Gasteiger partial charge in [0.25, 0.3) is 0 Å². The highest BCUT2D eigenvalue weighted by Crippen LogP contribution is 2.53. The molecule has 1 aromatic heterocycles. The van der Waals surface area contributed by atoms with Crippen molar-refractivity contribution in [1.82, 2.24) is 4.98 Å². The molecule has 4 heteroatoms. The first-order chi connectivity index (χ1) is 8.67. The number of nitrogens with zero attached hydrogens (tertiary/aromatic N) is 1. The van der Waals surface area contributed by atoms with Gasteiger partial charge >= 0.3 is 0 Å². The van der Waals surface area contributed by atoms with Gasteiger partial charge in [-0.25, -0.2) is 0 Å². The number of aliphatic hydroxyl groups is 1. The summed E-state index contributed by atoms with van der Waals surface area (Å²) >= 11 is 0. The van der Waals surface area contributed by atoms with Gasteiger partial charge in [-0.15, -0.1) is 0 Å². The van der Waals surface area contributed by atoms with Crippen LogP contribution in [0.3, 0.4) is 0 Å². The molecule has 3 heterocycles. The topological polar surface area (TPSA) is 68.4 Å². The maximum atomic E-state index is 10.8. The van der Waals surface area contributed by atoms with Crippen LogP contribution >= 0.6 is 0 Å². The average molecular weight is 248 g/mol. The fourth-order valence-electron chi connectivity index (χ4n) is 3.52. The lowest BCUT2D eigenvalue weighted by Gasteiger charge is -2.39. The summed E-state index contributed by atoms with van der Waals surface area (Å²) < 4.78 is 5.90. The van der Waals surface area contributed by atoms with Crippen LogP contribution in [-0.2, 0) is 4.74 Å². The Morgan fingerprint density at radius 1 is 1.61 bits per heavy atom. The zero-order valence-corrected chi connectivity index (χ0v) is 10.7. The molecule has 0 amide bonds. The van der Waals surface area contributed by atoms with Gasteiger partial charge in [0.15, 0.2) is 0 Å². The molecule has 0 spiro atoms. The second kappa shape index (κ2) is 4.30. The van der Waals surface area contributed by atoms with Crippen LogP contribution in [0.4, 0.5) is 0 Å². The smallest absolute Gasteiger partial charge is 0.0901 e. The molecule has 1 aromatic rings. The third-order valence-electron chi connectivity index (χ3n) is 4.66. The normalized spacial score (nSPS) is 35.9. The van der Waals surface area contributed by atoms with E-state index in [9.17, 15) is 5.11 Å². The third-order valence-corrected chi connectivity index (χ3v) is 4.66. The number of aromatic nitrogens is 1. The summed E-state index contributed by atoms with van der Waals surface area (Å²) in [5.74, 6) is 0. The minimum absolute atomic E-state index is 0.0992. The highest BCUT2D eigenvalue weighted by molar-refractivity contribution is 5.27. The Morgan fingerprint density at radius 3 is 3.00 bits per heavy atom. The monoisotopic (exact) mass is 248 g/mol. The van der Waals surface area contributed by atoms with E-state index in [2.05, 4.69) is 4.98 Å². The molecule has 2 fully saturated rings. The molecule has 4 unspecified atom stereocenters. The van der Waals surface area contributed by atoms with Crippen LogP contribution in [0.15, 0.2) is 18.5 Å². The fraction of sp³-hybridized carbons (Fsp3) is 0.643. The first-order valence-electron chi connectivity index (χ1n) is 6.61. The van der Waals surface area contributed by atoms with E-state index in [1.165, 1.54) is 0 Å². The standard InChI is InChI=1S/C14H20N2O2/c1-9-4-5-16-7-11(9)13(17)14(8-15)6-10-2-3-12(14)18-10/h4-5,7,10,12-13,17H,2-3,6,8,15H2,1H3. The van der Waals surface area contributed by atoms with Gasteiger partial charge in [0.2, 0.25) is 0 Å². The molecule has 2 saturated heterocycles. The second-order valence-electron chi connectivity index (χ2n) is 5.60. The van der Waals surface area contributed by atoms with Crippen LogP contribution in [0.5, 0.6) is 0 Å². The Bertz CT molecular complexity index is 451. The average Bonchev–Trinajstić information content (AvgIpc) is 2.99. The summed E-state index contributed by atoms with van der Waals surface area (Å²) in [4.78, 5) is 4.12. The Morgan fingerprint density at radius 2 is 2.44 bits per heavy atom. The highest BCUT2D eigenvalue weighted by Gasteiger charge is 2.55. The molecule has 2 bridgehead atoms. The van der Waals surface area contributed by atoms with E-state index in [0.717, 1.165) is 30.4 Å². The first-order valence-corrected chi connectivity index (χ1v) is 6.61. The quantitative estimate of drug-likeness (QED) is 0.846. The number of hydrogen-bond donors (Lipinski definition) is 2. The van der Waals surface area contributed by atoms with Crippen LogP contribution in [0.1, 0.15) is 36.5 Å². The summed E-state index contributed by atoms with van der Waals surface area (Å²) in [5, 5.41) is 10.8. The van der Waals surface area contributed by atoms with Crippen molar-refractivity contribution in [2.45, 2.75) is 44.5 Å². The molecule has 18 heavy (non-hydrogen) atoms. The van der Waals surface area contributed by atoms with Gasteiger partial charge in [-0.05, 0) is 37.8 Å². The van der Waals surface area contributed by atoms with E-state index < -0.39 is 6.10 Å². The highest BCUT2D eigenvalue weighted by atomic mass is 16.5. The first kappa shape index (κ1) is 12.1. The van der Waals surface area contributed by atoms with Crippen molar-refractivity contribution in [1.29, 1.82) is 0 Å². The van der Waals surface area contributed by atoms with Gasteiger partial charge in [0.05, 0.1) is 18.3 Å². The molecule has 0 saturated carbocycles. The number of pyridine rings is 1. The van der Waals surface area contributed by atoms with Crippen molar-refractivity contribution in [2.75, 3.05) is 6.54 Å². The molecule has 3 N–H and O–H groups in total. The summed E-state index contributed by atoms with van der Waals surface area (Å²) in [6.07, 6.45) is 6.29. The van der Waals surface area contributed by atoms with Crippen molar-refractivity contribution < 1.29 is 9.84 Å². The Hall–Kier alpha value is -0.970. The van der Waals surface area contributed by atoms with Crippen LogP contribution in [0.25, 0.3) is 0 Å². The molecular formula is C14H20N2O2. The molecule has 0 aliphatic carbocycles. The molecule has 4 nitrogen and oxygen atoms in total. The zero-order valence-electron chi connectivity index (χ0n) is 10.7. The zero-order chi connectivity index (χ0) is 12.8. The van der Waals surface area contributed by atoms with Gasteiger partial charge in [0, 0.05) is 29.9 Å². The van der Waals surface area contributed by atoms with Crippen molar-refractivity contribution in [3.63, 3.8) is 0 Å². The van der Waals surface area contributed by atoms with Crippen molar-refractivity contribution in [3.8, 4) is 0 Å². The molecule has 0 aromatic carbocycles. The Kier molecular flexibility index (Phi) is 2.88. The van der Waals surface area contributed by atoms with E-state index in [0.29, 0.717) is 6.54 Å². The van der Waals surface area contributed by atoms with E-state index in [1.807, 2.05) is 13.0 Å². The molecule has 2 aliphatic heterocycles. The summed E-state index contributed by atoms with van der Waals surface area (Å²) in [7, 11) is 0. The lowest BCUT2D eigenvalue weighted by Crippen LogP contribution is -2.44. The van der Waals surface area contributed by atoms with Gasteiger partial charge in [-0.1, -0.05) is 0 Å². The van der Waals surface area contributed by atoms with Gasteiger partial charge in [-0.3, -0.25) is 4.98 Å². The summed E-state index contributed by atoms with van der Waals surface area (Å²) in [5.41, 5.74) is 7.61. The van der Waals surface area contributed by atoms with E-state index in [1.54, 1.807) is 12.4 Å². The Balaban J connectivity index is 1.96. The predicted molar refractivity (Wildman–Crippen MR) is 67.9 cm³/mol. The van der Waals surface area contributed by atoms with E-state index in [4.69, 9.17) is 10.5 Å². The van der Waals surface area contributed by atoms with Gasteiger partial charge in [0.1, 0.15) is 0 Å². The van der Waals surface area contributed by atoms with Crippen LogP contribution in [0, 0.1) is 12.3 Å². The van der Waals surface area contributed by atoms with Crippen molar-refractivity contribution in [3.05, 3.63) is 29.6 Å². The van der Waals surface area contributed by atoms with Crippen LogP contribution < -0.4 is 5.73 Å².